The number of aryl methyl sites for hydroxylation is 2. The van der Waals surface area contributed by atoms with Crippen LogP contribution in [0, 0.1) is 13.8 Å². The molecule has 0 fully saturated rings. The molecule has 2 heterocycles. The van der Waals surface area contributed by atoms with Crippen LogP contribution in [0.1, 0.15) is 21.9 Å². The van der Waals surface area contributed by atoms with Gasteiger partial charge in [0.25, 0.3) is 5.91 Å². The number of hydrogen-bond acceptors (Lipinski definition) is 4. The van der Waals surface area contributed by atoms with Gasteiger partial charge in [-0.2, -0.15) is 0 Å². The zero-order chi connectivity index (χ0) is 17.1. The molecule has 2 aromatic heterocycles. The van der Waals surface area contributed by atoms with Gasteiger partial charge in [0.05, 0.1) is 17.6 Å². The van der Waals surface area contributed by atoms with Gasteiger partial charge in [-0.3, -0.25) is 14.6 Å². The first-order chi connectivity index (χ1) is 11.5. The van der Waals surface area contributed by atoms with Gasteiger partial charge >= 0.3 is 0 Å². The van der Waals surface area contributed by atoms with E-state index >= 15 is 0 Å². The summed E-state index contributed by atoms with van der Waals surface area (Å²) in [5, 5.41) is 6.28. The molecule has 1 aromatic carbocycles. The maximum Gasteiger partial charge on any atom is 0.255 e. The lowest BCUT2D eigenvalue weighted by molar-refractivity contribution is -0.115. The Labute approximate surface area is 138 Å². The van der Waals surface area contributed by atoms with E-state index in [1.54, 1.807) is 32.2 Å². The van der Waals surface area contributed by atoms with Gasteiger partial charge in [-0.15, -0.1) is 0 Å². The summed E-state index contributed by atoms with van der Waals surface area (Å²) in [4.78, 5) is 28.3. The lowest BCUT2D eigenvalue weighted by Gasteiger charge is -2.07. The van der Waals surface area contributed by atoms with Gasteiger partial charge in [0.1, 0.15) is 11.5 Å². The van der Waals surface area contributed by atoms with Crippen LogP contribution in [-0.2, 0) is 4.79 Å². The molecule has 2 amide bonds. The van der Waals surface area contributed by atoms with E-state index in [0.29, 0.717) is 22.8 Å². The number of carbonyl (C=O) groups excluding carboxylic acids is 2. The highest BCUT2D eigenvalue weighted by Crippen LogP contribution is 2.17. The number of benzene rings is 1. The molecular weight excluding hydrogens is 306 g/mol. The highest BCUT2D eigenvalue weighted by Gasteiger charge is 2.14. The summed E-state index contributed by atoms with van der Waals surface area (Å²) in [5.74, 6) is 0.561. The van der Waals surface area contributed by atoms with E-state index < -0.39 is 0 Å². The van der Waals surface area contributed by atoms with Crippen LogP contribution in [0.25, 0.3) is 10.9 Å². The Kier molecular flexibility index (Phi) is 4.29. The van der Waals surface area contributed by atoms with Crippen LogP contribution in [0.15, 0.2) is 47.0 Å². The number of furan rings is 1. The van der Waals surface area contributed by atoms with Crippen molar-refractivity contribution in [3.63, 3.8) is 0 Å². The van der Waals surface area contributed by atoms with Crippen molar-refractivity contribution in [3.8, 4) is 0 Å². The second-order valence-electron chi connectivity index (χ2n) is 5.47. The molecule has 0 saturated carbocycles. The molecule has 0 aliphatic rings. The Morgan fingerprint density at radius 3 is 2.75 bits per heavy atom. The smallest absolute Gasteiger partial charge is 0.255 e. The minimum Gasteiger partial charge on any atom is -0.466 e. The Balaban J connectivity index is 1.60. The summed E-state index contributed by atoms with van der Waals surface area (Å²) in [6.07, 6.45) is 1.72. The van der Waals surface area contributed by atoms with E-state index in [1.807, 2.05) is 24.3 Å². The van der Waals surface area contributed by atoms with Crippen LogP contribution in [0.5, 0.6) is 0 Å². The monoisotopic (exact) mass is 323 g/mol. The predicted molar refractivity (Wildman–Crippen MR) is 90.9 cm³/mol. The fraction of sp³-hybridized carbons (Fsp3) is 0.167. The van der Waals surface area contributed by atoms with Gasteiger partial charge in [-0.05, 0) is 44.2 Å². The van der Waals surface area contributed by atoms with Crippen LogP contribution in [0.4, 0.5) is 5.69 Å². The van der Waals surface area contributed by atoms with Gasteiger partial charge in [0.2, 0.25) is 5.91 Å². The Bertz CT molecular complexity index is 915. The molecule has 3 aromatic rings. The standard InChI is InChI=1S/C18H17N3O3/c1-11-8-15(12(2)24-11)18(23)20-10-17(22)21-14-5-6-16-13(9-14)4-3-7-19-16/h3-9H,10H2,1-2H3,(H,20,23)(H,21,22). The highest BCUT2D eigenvalue weighted by atomic mass is 16.3. The van der Waals surface area contributed by atoms with Crippen molar-refractivity contribution in [3.05, 3.63) is 59.7 Å². The second-order valence-corrected chi connectivity index (χ2v) is 5.47. The number of pyridine rings is 1. The molecular formula is C18H17N3O3. The summed E-state index contributed by atoms with van der Waals surface area (Å²) in [6, 6.07) is 10.9. The van der Waals surface area contributed by atoms with E-state index in [-0.39, 0.29) is 18.4 Å². The minimum atomic E-state index is -0.331. The first-order valence-corrected chi connectivity index (χ1v) is 7.53. The fourth-order valence-corrected chi connectivity index (χ4v) is 2.47. The van der Waals surface area contributed by atoms with Crippen molar-refractivity contribution in [2.45, 2.75) is 13.8 Å². The number of aromatic nitrogens is 1. The average Bonchev–Trinajstić information content (AvgIpc) is 2.91. The van der Waals surface area contributed by atoms with Crippen LogP contribution < -0.4 is 10.6 Å². The van der Waals surface area contributed by atoms with Gasteiger partial charge in [0.15, 0.2) is 0 Å². The third kappa shape index (κ3) is 3.43. The van der Waals surface area contributed by atoms with E-state index in [2.05, 4.69) is 15.6 Å². The highest BCUT2D eigenvalue weighted by molar-refractivity contribution is 6.00. The molecule has 6 heteroatoms. The SMILES string of the molecule is Cc1cc(C(=O)NCC(=O)Nc2ccc3ncccc3c2)c(C)o1. The van der Waals surface area contributed by atoms with E-state index in [0.717, 1.165) is 10.9 Å². The molecule has 2 N–H and O–H groups in total. The van der Waals surface area contributed by atoms with Crippen molar-refractivity contribution in [1.82, 2.24) is 10.3 Å². The van der Waals surface area contributed by atoms with Crippen LogP contribution >= 0.6 is 0 Å². The molecule has 0 aliphatic carbocycles. The van der Waals surface area contributed by atoms with Crippen molar-refractivity contribution in [2.24, 2.45) is 0 Å². The van der Waals surface area contributed by atoms with E-state index in [4.69, 9.17) is 4.42 Å². The predicted octanol–water partition coefficient (Wildman–Crippen LogP) is 2.81. The molecule has 3 rings (SSSR count). The van der Waals surface area contributed by atoms with Crippen LogP contribution in [0.3, 0.4) is 0 Å². The van der Waals surface area contributed by atoms with Crippen molar-refractivity contribution < 1.29 is 14.0 Å². The van der Waals surface area contributed by atoms with Gasteiger partial charge in [0, 0.05) is 17.3 Å². The molecule has 24 heavy (non-hydrogen) atoms. The maximum atomic E-state index is 12.1. The largest absolute Gasteiger partial charge is 0.466 e. The molecule has 0 saturated heterocycles. The number of nitrogens with zero attached hydrogens (tertiary/aromatic N) is 1. The molecule has 122 valence electrons. The second kappa shape index (κ2) is 6.54. The normalized spacial score (nSPS) is 10.6. The molecule has 6 nitrogen and oxygen atoms in total. The number of hydrogen-bond donors (Lipinski definition) is 2. The minimum absolute atomic E-state index is 0.117. The number of nitrogens with one attached hydrogen (secondary N) is 2. The number of anilines is 1. The first-order valence-electron chi connectivity index (χ1n) is 7.53. The molecule has 0 aliphatic heterocycles. The summed E-state index contributed by atoms with van der Waals surface area (Å²) in [6.45, 7) is 3.36. The molecule has 0 unspecified atom stereocenters. The first kappa shape index (κ1) is 15.7. The van der Waals surface area contributed by atoms with Gasteiger partial charge in [-0.1, -0.05) is 6.07 Å². The quantitative estimate of drug-likeness (QED) is 0.773. The molecule has 0 radical (unpaired) electrons. The Morgan fingerprint density at radius 1 is 1.17 bits per heavy atom. The third-order valence-electron chi connectivity index (χ3n) is 3.58. The number of carbonyl (C=O) groups is 2. The summed E-state index contributed by atoms with van der Waals surface area (Å²) in [5.41, 5.74) is 1.96. The zero-order valence-corrected chi connectivity index (χ0v) is 13.4. The number of fused-ring (bicyclic) bond motifs is 1. The lowest BCUT2D eigenvalue weighted by Crippen LogP contribution is -2.32. The summed E-state index contributed by atoms with van der Waals surface area (Å²) >= 11 is 0. The molecule has 0 atom stereocenters. The van der Waals surface area contributed by atoms with E-state index in [1.165, 1.54) is 0 Å². The van der Waals surface area contributed by atoms with E-state index in [9.17, 15) is 9.59 Å². The van der Waals surface area contributed by atoms with Crippen molar-refractivity contribution >= 4 is 28.4 Å². The van der Waals surface area contributed by atoms with Crippen LogP contribution in [0.2, 0.25) is 0 Å². The third-order valence-corrected chi connectivity index (χ3v) is 3.58. The van der Waals surface area contributed by atoms with Gasteiger partial charge < -0.3 is 15.1 Å². The number of rotatable bonds is 4. The van der Waals surface area contributed by atoms with Crippen molar-refractivity contribution in [2.75, 3.05) is 11.9 Å². The summed E-state index contributed by atoms with van der Waals surface area (Å²) in [7, 11) is 0. The number of amides is 2. The average molecular weight is 323 g/mol. The fourth-order valence-electron chi connectivity index (χ4n) is 2.47. The van der Waals surface area contributed by atoms with Gasteiger partial charge in [-0.25, -0.2) is 0 Å². The maximum absolute atomic E-state index is 12.1. The Hall–Kier alpha value is -3.15. The summed E-state index contributed by atoms with van der Waals surface area (Å²) < 4.78 is 5.31. The lowest BCUT2D eigenvalue weighted by atomic mass is 10.2. The Morgan fingerprint density at radius 2 is 2.00 bits per heavy atom. The molecule has 0 bridgehead atoms. The molecule has 0 spiro atoms. The van der Waals surface area contributed by atoms with Crippen LogP contribution in [-0.4, -0.2) is 23.3 Å². The topological polar surface area (TPSA) is 84.2 Å². The zero-order valence-electron chi connectivity index (χ0n) is 13.4. The van der Waals surface area contributed by atoms with Crippen molar-refractivity contribution in [1.29, 1.82) is 0 Å².